The number of aromatic nitrogens is 4. The van der Waals surface area contributed by atoms with Crippen LogP contribution in [0, 0.1) is 5.92 Å². The zero-order valence-electron chi connectivity index (χ0n) is 13.8. The van der Waals surface area contributed by atoms with Crippen molar-refractivity contribution in [3.8, 4) is 0 Å². The molecule has 2 aromatic rings. The number of ether oxygens (including phenoxy) is 1. The van der Waals surface area contributed by atoms with Crippen LogP contribution in [0.3, 0.4) is 0 Å². The molecule has 1 amide bonds. The maximum atomic E-state index is 12.9. The van der Waals surface area contributed by atoms with E-state index in [9.17, 15) is 4.79 Å². The van der Waals surface area contributed by atoms with E-state index < -0.39 is 0 Å². The highest BCUT2D eigenvalue weighted by Gasteiger charge is 2.37. The second kappa shape index (κ2) is 6.45. The SMILES string of the molecule is COCCN1C[C@H]2CC[C@@H]1CN(C(=O)c1nc3ncccn3n1)C2. The second-order valence-electron chi connectivity index (χ2n) is 6.59. The topological polar surface area (TPSA) is 75.9 Å². The summed E-state index contributed by atoms with van der Waals surface area (Å²) in [5.41, 5.74) is 0. The van der Waals surface area contributed by atoms with E-state index in [0.29, 0.717) is 17.7 Å². The number of piperidine rings is 1. The van der Waals surface area contributed by atoms with E-state index in [1.807, 2.05) is 4.90 Å². The molecule has 2 bridgehead atoms. The van der Waals surface area contributed by atoms with Gasteiger partial charge < -0.3 is 9.64 Å². The van der Waals surface area contributed by atoms with E-state index in [1.165, 1.54) is 6.42 Å². The predicted molar refractivity (Wildman–Crippen MR) is 86.6 cm³/mol. The maximum absolute atomic E-state index is 12.9. The molecular formula is C16H22N6O2. The van der Waals surface area contributed by atoms with Crippen LogP contribution in [0.25, 0.3) is 5.78 Å². The van der Waals surface area contributed by atoms with Crippen molar-refractivity contribution in [3.05, 3.63) is 24.3 Å². The molecule has 8 heteroatoms. The van der Waals surface area contributed by atoms with Crippen LogP contribution in [0.15, 0.2) is 18.5 Å². The Bertz CT molecular complexity index is 699. The van der Waals surface area contributed by atoms with Crippen LogP contribution in [0.2, 0.25) is 0 Å². The fourth-order valence-corrected chi connectivity index (χ4v) is 3.79. The van der Waals surface area contributed by atoms with Gasteiger partial charge in [-0.05, 0) is 24.8 Å². The van der Waals surface area contributed by atoms with Crippen LogP contribution < -0.4 is 0 Å². The number of carbonyl (C=O) groups is 1. The first-order valence-corrected chi connectivity index (χ1v) is 8.44. The molecule has 2 atom stereocenters. The van der Waals surface area contributed by atoms with Gasteiger partial charge in [0.05, 0.1) is 6.61 Å². The zero-order chi connectivity index (χ0) is 16.5. The van der Waals surface area contributed by atoms with Gasteiger partial charge in [0.15, 0.2) is 0 Å². The summed E-state index contributed by atoms with van der Waals surface area (Å²) in [5, 5.41) is 4.28. The van der Waals surface area contributed by atoms with Crippen molar-refractivity contribution < 1.29 is 9.53 Å². The first-order valence-electron chi connectivity index (χ1n) is 8.44. The van der Waals surface area contributed by atoms with Gasteiger partial charge in [0, 0.05) is 51.7 Å². The average molecular weight is 330 g/mol. The Kier molecular flexibility index (Phi) is 4.15. The molecule has 0 aromatic carbocycles. The smallest absolute Gasteiger partial charge is 0.293 e. The lowest BCUT2D eigenvalue weighted by Gasteiger charge is -2.35. The van der Waals surface area contributed by atoms with Crippen LogP contribution in [-0.2, 0) is 4.74 Å². The lowest BCUT2D eigenvalue weighted by atomic mass is 9.95. The summed E-state index contributed by atoms with van der Waals surface area (Å²) in [6.45, 7) is 4.22. The van der Waals surface area contributed by atoms with Gasteiger partial charge in [-0.15, -0.1) is 5.10 Å². The zero-order valence-corrected chi connectivity index (χ0v) is 13.8. The highest BCUT2D eigenvalue weighted by Crippen LogP contribution is 2.28. The molecule has 3 saturated heterocycles. The van der Waals surface area contributed by atoms with Gasteiger partial charge in [-0.1, -0.05) is 0 Å². The molecule has 3 fully saturated rings. The molecule has 5 rings (SSSR count). The molecule has 0 radical (unpaired) electrons. The molecule has 3 aliphatic heterocycles. The third kappa shape index (κ3) is 2.87. The summed E-state index contributed by atoms with van der Waals surface area (Å²) in [6.07, 6.45) is 5.72. The molecule has 0 unspecified atom stereocenters. The van der Waals surface area contributed by atoms with Gasteiger partial charge in [0.1, 0.15) is 0 Å². The van der Waals surface area contributed by atoms with Crippen LogP contribution in [0.5, 0.6) is 0 Å². The Morgan fingerprint density at radius 2 is 2.25 bits per heavy atom. The quantitative estimate of drug-likeness (QED) is 0.803. The molecule has 0 aliphatic carbocycles. The number of fused-ring (bicyclic) bond motifs is 5. The molecule has 5 heterocycles. The Balaban J connectivity index is 1.52. The number of hydrogen-bond donors (Lipinski definition) is 0. The van der Waals surface area contributed by atoms with Gasteiger partial charge in [0.25, 0.3) is 11.7 Å². The minimum Gasteiger partial charge on any atom is -0.383 e. The number of methoxy groups -OCH3 is 1. The van der Waals surface area contributed by atoms with E-state index in [4.69, 9.17) is 4.74 Å². The molecule has 0 saturated carbocycles. The van der Waals surface area contributed by atoms with Crippen LogP contribution in [0.4, 0.5) is 0 Å². The van der Waals surface area contributed by atoms with Gasteiger partial charge >= 0.3 is 0 Å². The van der Waals surface area contributed by atoms with Crippen molar-refractivity contribution in [2.75, 3.05) is 39.9 Å². The highest BCUT2D eigenvalue weighted by atomic mass is 16.5. The Labute approximate surface area is 140 Å². The van der Waals surface area contributed by atoms with E-state index in [2.05, 4.69) is 20.0 Å². The third-order valence-corrected chi connectivity index (χ3v) is 5.00. The van der Waals surface area contributed by atoms with Gasteiger partial charge in [-0.3, -0.25) is 9.69 Å². The third-order valence-electron chi connectivity index (χ3n) is 5.00. The lowest BCUT2D eigenvalue weighted by Crippen LogP contribution is -2.45. The van der Waals surface area contributed by atoms with Crippen molar-refractivity contribution in [1.82, 2.24) is 29.4 Å². The number of rotatable bonds is 4. The monoisotopic (exact) mass is 330 g/mol. The molecule has 128 valence electrons. The summed E-state index contributed by atoms with van der Waals surface area (Å²) in [4.78, 5) is 25.7. The molecule has 2 aromatic heterocycles. The minimum atomic E-state index is -0.0917. The first kappa shape index (κ1) is 15.5. The molecule has 0 spiro atoms. The molecule has 8 nitrogen and oxygen atoms in total. The maximum Gasteiger partial charge on any atom is 0.293 e. The normalized spacial score (nSPS) is 24.5. The van der Waals surface area contributed by atoms with Crippen molar-refractivity contribution in [2.45, 2.75) is 18.9 Å². The number of carbonyl (C=O) groups excluding carboxylic acids is 1. The lowest BCUT2D eigenvalue weighted by molar-refractivity contribution is 0.0707. The molecule has 0 N–H and O–H groups in total. The predicted octanol–water partition coefficient (Wildman–Crippen LogP) is 0.307. The largest absolute Gasteiger partial charge is 0.383 e. The van der Waals surface area contributed by atoms with E-state index in [0.717, 1.165) is 39.2 Å². The fourth-order valence-electron chi connectivity index (χ4n) is 3.79. The highest BCUT2D eigenvalue weighted by molar-refractivity contribution is 5.91. The van der Waals surface area contributed by atoms with E-state index in [1.54, 1.807) is 30.1 Å². The van der Waals surface area contributed by atoms with E-state index >= 15 is 0 Å². The Hall–Kier alpha value is -2.06. The number of nitrogens with zero attached hydrogens (tertiary/aromatic N) is 6. The van der Waals surface area contributed by atoms with Crippen molar-refractivity contribution in [3.63, 3.8) is 0 Å². The first-order chi connectivity index (χ1) is 11.7. The minimum absolute atomic E-state index is 0.0917. The fraction of sp³-hybridized carbons (Fsp3) is 0.625. The standard InChI is InChI=1S/C16H22N6O2/c1-24-8-7-20-9-12-3-4-13(20)11-21(10-12)15(23)14-18-16-17-5-2-6-22(16)19-14/h2,5-6,12-13H,3-4,7-11H2,1H3/t12-,13-/m1/s1. The average Bonchev–Trinajstić information content (AvgIpc) is 2.83. The summed E-state index contributed by atoms with van der Waals surface area (Å²) >= 11 is 0. The summed E-state index contributed by atoms with van der Waals surface area (Å²) in [7, 11) is 1.73. The van der Waals surface area contributed by atoms with Crippen molar-refractivity contribution in [1.29, 1.82) is 0 Å². The van der Waals surface area contributed by atoms with Crippen LogP contribution in [-0.4, -0.2) is 81.2 Å². The summed E-state index contributed by atoms with van der Waals surface area (Å²) < 4.78 is 6.76. The Morgan fingerprint density at radius 3 is 3.08 bits per heavy atom. The Morgan fingerprint density at radius 1 is 1.33 bits per heavy atom. The molecular weight excluding hydrogens is 308 g/mol. The molecule has 24 heavy (non-hydrogen) atoms. The number of amides is 1. The van der Waals surface area contributed by atoms with Gasteiger partial charge in [-0.25, -0.2) is 9.50 Å². The van der Waals surface area contributed by atoms with Crippen molar-refractivity contribution >= 4 is 11.7 Å². The summed E-state index contributed by atoms with van der Waals surface area (Å²) in [5.74, 6) is 1.12. The van der Waals surface area contributed by atoms with Crippen LogP contribution in [0.1, 0.15) is 23.5 Å². The van der Waals surface area contributed by atoms with Crippen molar-refractivity contribution in [2.24, 2.45) is 5.92 Å². The van der Waals surface area contributed by atoms with E-state index in [-0.39, 0.29) is 11.7 Å². The number of hydrogen-bond acceptors (Lipinski definition) is 6. The van der Waals surface area contributed by atoms with Crippen LogP contribution >= 0.6 is 0 Å². The van der Waals surface area contributed by atoms with Gasteiger partial charge in [0.2, 0.25) is 5.82 Å². The summed E-state index contributed by atoms with van der Waals surface area (Å²) in [6, 6.07) is 2.17. The second-order valence-corrected chi connectivity index (χ2v) is 6.59. The van der Waals surface area contributed by atoms with Gasteiger partial charge in [-0.2, -0.15) is 4.98 Å². The molecule has 3 aliphatic rings.